The van der Waals surface area contributed by atoms with Gasteiger partial charge in [-0.15, -0.1) is 0 Å². The first kappa shape index (κ1) is 12.0. The molecular formula is C8H13NO5S. The van der Waals surface area contributed by atoms with Crippen LogP contribution in [0.5, 0.6) is 0 Å². The highest BCUT2D eigenvalue weighted by Gasteiger charge is 2.35. The zero-order valence-electron chi connectivity index (χ0n) is 8.34. The Morgan fingerprint density at radius 1 is 1.47 bits per heavy atom. The van der Waals surface area contributed by atoms with E-state index in [4.69, 9.17) is 5.11 Å². The number of carboxylic acid groups (broad SMARTS) is 1. The van der Waals surface area contributed by atoms with Gasteiger partial charge in [0.05, 0.1) is 17.4 Å². The Bertz CT molecular complexity index is 374. The molecule has 1 saturated heterocycles. The molecule has 15 heavy (non-hydrogen) atoms. The Morgan fingerprint density at radius 3 is 2.53 bits per heavy atom. The van der Waals surface area contributed by atoms with Crippen LogP contribution in [-0.4, -0.2) is 54.4 Å². The van der Waals surface area contributed by atoms with E-state index in [-0.39, 0.29) is 24.7 Å². The molecule has 0 spiro atoms. The van der Waals surface area contributed by atoms with Gasteiger partial charge >= 0.3 is 5.97 Å². The summed E-state index contributed by atoms with van der Waals surface area (Å²) in [6.07, 6.45) is -0.438. The molecule has 1 aliphatic heterocycles. The molecule has 0 radical (unpaired) electrons. The van der Waals surface area contributed by atoms with Crippen molar-refractivity contribution in [2.75, 3.05) is 18.8 Å². The first-order chi connectivity index (χ1) is 6.83. The van der Waals surface area contributed by atoms with Crippen LogP contribution in [-0.2, 0) is 19.4 Å². The predicted molar refractivity (Wildman–Crippen MR) is 52.1 cm³/mol. The summed E-state index contributed by atoms with van der Waals surface area (Å²) >= 11 is 0. The van der Waals surface area contributed by atoms with Gasteiger partial charge < -0.3 is 10.0 Å². The number of sulfone groups is 1. The standard InChI is InChI=1S/C8H13NO5S/c1-6(10)9-2-3-15(13,14)7(5-9)4-8(11)12/h7H,2-5H2,1H3,(H,11,12). The van der Waals surface area contributed by atoms with Crippen molar-refractivity contribution in [1.82, 2.24) is 4.90 Å². The second-order valence-electron chi connectivity index (χ2n) is 3.55. The molecule has 1 aliphatic rings. The van der Waals surface area contributed by atoms with Crippen molar-refractivity contribution in [2.45, 2.75) is 18.6 Å². The highest BCUT2D eigenvalue weighted by molar-refractivity contribution is 7.92. The quantitative estimate of drug-likeness (QED) is 0.670. The van der Waals surface area contributed by atoms with Gasteiger partial charge in [-0.2, -0.15) is 0 Å². The summed E-state index contributed by atoms with van der Waals surface area (Å²) in [5.41, 5.74) is 0. The van der Waals surface area contributed by atoms with Crippen LogP contribution < -0.4 is 0 Å². The molecule has 1 amide bonds. The summed E-state index contributed by atoms with van der Waals surface area (Å²) in [6, 6.07) is 0. The topological polar surface area (TPSA) is 91.8 Å². The molecule has 1 fully saturated rings. The van der Waals surface area contributed by atoms with Crippen molar-refractivity contribution in [3.8, 4) is 0 Å². The van der Waals surface area contributed by atoms with E-state index in [1.807, 2.05) is 0 Å². The lowest BCUT2D eigenvalue weighted by Crippen LogP contribution is -2.49. The lowest BCUT2D eigenvalue weighted by atomic mass is 10.2. The van der Waals surface area contributed by atoms with Crippen LogP contribution in [0.15, 0.2) is 0 Å². The van der Waals surface area contributed by atoms with Crippen molar-refractivity contribution >= 4 is 21.7 Å². The molecule has 7 heteroatoms. The smallest absolute Gasteiger partial charge is 0.304 e. The third kappa shape index (κ3) is 2.92. The minimum atomic E-state index is -3.36. The number of aliphatic carboxylic acids is 1. The Morgan fingerprint density at radius 2 is 2.07 bits per heavy atom. The summed E-state index contributed by atoms with van der Waals surface area (Å²) in [4.78, 5) is 22.9. The van der Waals surface area contributed by atoms with E-state index in [0.29, 0.717) is 0 Å². The Kier molecular flexibility index (Phi) is 3.33. The van der Waals surface area contributed by atoms with Crippen molar-refractivity contribution in [2.24, 2.45) is 0 Å². The minimum Gasteiger partial charge on any atom is -0.481 e. The van der Waals surface area contributed by atoms with Crippen LogP contribution in [0.1, 0.15) is 13.3 Å². The number of hydrogen-bond acceptors (Lipinski definition) is 4. The van der Waals surface area contributed by atoms with Crippen LogP contribution in [0, 0.1) is 0 Å². The fourth-order valence-electron chi connectivity index (χ4n) is 1.53. The van der Waals surface area contributed by atoms with Gasteiger partial charge in [0.2, 0.25) is 5.91 Å². The fraction of sp³-hybridized carbons (Fsp3) is 0.750. The highest BCUT2D eigenvalue weighted by Crippen LogP contribution is 2.15. The number of carboxylic acids is 1. The molecule has 1 rings (SSSR count). The number of carbonyl (C=O) groups excluding carboxylic acids is 1. The van der Waals surface area contributed by atoms with Gasteiger partial charge in [0, 0.05) is 20.0 Å². The highest BCUT2D eigenvalue weighted by atomic mass is 32.2. The normalized spacial score (nSPS) is 24.9. The molecule has 6 nitrogen and oxygen atoms in total. The van der Waals surface area contributed by atoms with Crippen molar-refractivity contribution in [3.05, 3.63) is 0 Å². The van der Waals surface area contributed by atoms with Crippen molar-refractivity contribution in [1.29, 1.82) is 0 Å². The molecule has 1 N–H and O–H groups in total. The largest absolute Gasteiger partial charge is 0.481 e. The molecule has 0 saturated carbocycles. The van der Waals surface area contributed by atoms with Crippen LogP contribution in [0.25, 0.3) is 0 Å². The minimum absolute atomic E-state index is 0.00995. The molecule has 0 aromatic rings. The second kappa shape index (κ2) is 4.18. The summed E-state index contributed by atoms with van der Waals surface area (Å²) in [5, 5.41) is 7.59. The average molecular weight is 235 g/mol. The Balaban J connectivity index is 2.79. The number of amides is 1. The van der Waals surface area contributed by atoms with Crippen molar-refractivity contribution in [3.63, 3.8) is 0 Å². The molecule has 1 atom stereocenters. The average Bonchev–Trinajstić information content (AvgIpc) is 2.07. The number of rotatable bonds is 2. The number of hydrogen-bond donors (Lipinski definition) is 1. The van der Waals surface area contributed by atoms with Crippen LogP contribution in [0.2, 0.25) is 0 Å². The third-order valence-electron chi connectivity index (χ3n) is 2.43. The summed E-state index contributed by atoms with van der Waals surface area (Å²) < 4.78 is 23.0. The van der Waals surface area contributed by atoms with E-state index in [1.54, 1.807) is 0 Å². The van der Waals surface area contributed by atoms with Crippen LogP contribution >= 0.6 is 0 Å². The molecule has 0 aliphatic carbocycles. The molecule has 0 aromatic carbocycles. The molecular weight excluding hydrogens is 222 g/mol. The fourth-order valence-corrected chi connectivity index (χ4v) is 3.14. The van der Waals surface area contributed by atoms with Crippen molar-refractivity contribution < 1.29 is 23.1 Å². The van der Waals surface area contributed by atoms with Gasteiger partial charge in [-0.1, -0.05) is 0 Å². The summed E-state index contributed by atoms with van der Waals surface area (Å²) in [6.45, 7) is 1.49. The van der Waals surface area contributed by atoms with Gasteiger partial charge in [0.1, 0.15) is 0 Å². The lowest BCUT2D eigenvalue weighted by Gasteiger charge is -2.31. The molecule has 0 bridgehead atoms. The molecule has 1 unspecified atom stereocenters. The predicted octanol–water partition coefficient (Wildman–Crippen LogP) is -0.893. The summed E-state index contributed by atoms with van der Waals surface area (Å²) in [5.74, 6) is -1.53. The Hall–Kier alpha value is -1.11. The first-order valence-corrected chi connectivity index (χ1v) is 6.23. The van der Waals surface area contributed by atoms with Gasteiger partial charge in [0.15, 0.2) is 9.84 Å². The monoisotopic (exact) mass is 235 g/mol. The lowest BCUT2D eigenvalue weighted by molar-refractivity contribution is -0.138. The zero-order valence-corrected chi connectivity index (χ0v) is 9.16. The summed E-state index contributed by atoms with van der Waals surface area (Å²) in [7, 11) is -3.36. The number of carbonyl (C=O) groups is 2. The van der Waals surface area contributed by atoms with Gasteiger partial charge in [-0.05, 0) is 0 Å². The van der Waals surface area contributed by atoms with Gasteiger partial charge in [-0.25, -0.2) is 8.42 Å². The molecule has 86 valence electrons. The van der Waals surface area contributed by atoms with Crippen LogP contribution in [0.4, 0.5) is 0 Å². The first-order valence-electron chi connectivity index (χ1n) is 4.52. The van der Waals surface area contributed by atoms with E-state index in [1.165, 1.54) is 11.8 Å². The third-order valence-corrected chi connectivity index (χ3v) is 4.51. The SMILES string of the molecule is CC(=O)N1CCS(=O)(=O)C(CC(=O)O)C1. The van der Waals surface area contributed by atoms with E-state index < -0.39 is 27.5 Å². The zero-order chi connectivity index (χ0) is 11.6. The maximum atomic E-state index is 11.5. The maximum Gasteiger partial charge on any atom is 0.304 e. The van der Waals surface area contributed by atoms with Gasteiger partial charge in [-0.3, -0.25) is 9.59 Å². The Labute approximate surface area is 87.8 Å². The van der Waals surface area contributed by atoms with E-state index in [0.717, 1.165) is 0 Å². The second-order valence-corrected chi connectivity index (χ2v) is 5.95. The molecule has 1 heterocycles. The van der Waals surface area contributed by atoms with Crippen LogP contribution in [0.3, 0.4) is 0 Å². The molecule has 0 aromatic heterocycles. The van der Waals surface area contributed by atoms with E-state index >= 15 is 0 Å². The van der Waals surface area contributed by atoms with E-state index in [9.17, 15) is 18.0 Å². The maximum absolute atomic E-state index is 11.5. The number of nitrogens with zero attached hydrogens (tertiary/aromatic N) is 1. The van der Waals surface area contributed by atoms with E-state index in [2.05, 4.69) is 0 Å². The van der Waals surface area contributed by atoms with Gasteiger partial charge in [0.25, 0.3) is 0 Å².